The Hall–Kier alpha value is -0.530. The van der Waals surface area contributed by atoms with E-state index in [1.54, 1.807) is 0 Å². The van der Waals surface area contributed by atoms with Gasteiger partial charge < -0.3 is 4.74 Å². The molecule has 0 aromatic heterocycles. The Bertz CT molecular complexity index is 302. The molecule has 0 aliphatic heterocycles. The van der Waals surface area contributed by atoms with E-state index in [0.29, 0.717) is 11.3 Å². The average Bonchev–Trinajstić information content (AvgIpc) is 2.28. The maximum absolute atomic E-state index is 12.2. The summed E-state index contributed by atoms with van der Waals surface area (Å²) in [5, 5.41) is 0. The molecule has 1 rings (SSSR count). The smallest absolute Gasteiger partial charge is 0.312 e. The zero-order chi connectivity index (χ0) is 14.8. The minimum absolute atomic E-state index is 0.0262. The van der Waals surface area contributed by atoms with Gasteiger partial charge in [0.25, 0.3) is 0 Å². The van der Waals surface area contributed by atoms with E-state index in [1.807, 2.05) is 13.8 Å². The molecule has 0 N–H and O–H groups in total. The maximum Gasteiger partial charge on any atom is 0.312 e. The number of esters is 1. The first-order valence-electron chi connectivity index (χ1n) is 7.76. The van der Waals surface area contributed by atoms with Crippen LogP contribution < -0.4 is 0 Å². The highest BCUT2D eigenvalue weighted by atomic mass is 16.5. The van der Waals surface area contributed by atoms with Crippen LogP contribution in [0.1, 0.15) is 74.1 Å². The van der Waals surface area contributed by atoms with Crippen LogP contribution in [-0.2, 0) is 9.53 Å². The number of ether oxygens (including phenoxy) is 1. The fourth-order valence-corrected chi connectivity index (χ4v) is 2.59. The normalized spacial score (nSPS) is 25.5. The predicted molar refractivity (Wildman–Crippen MR) is 79.9 cm³/mol. The van der Waals surface area contributed by atoms with E-state index in [9.17, 15) is 4.79 Å². The molecular formula is C17H32O2. The highest BCUT2D eigenvalue weighted by Gasteiger charge is 2.36. The van der Waals surface area contributed by atoms with Gasteiger partial charge in [-0.1, -0.05) is 34.6 Å². The largest absolute Gasteiger partial charge is 0.462 e. The number of hydrogen-bond donors (Lipinski definition) is 0. The lowest BCUT2D eigenvalue weighted by Crippen LogP contribution is -2.37. The molecule has 0 radical (unpaired) electrons. The molecule has 0 aromatic rings. The van der Waals surface area contributed by atoms with E-state index in [0.717, 1.165) is 18.8 Å². The van der Waals surface area contributed by atoms with Crippen LogP contribution >= 0.6 is 0 Å². The molecule has 0 unspecified atom stereocenters. The van der Waals surface area contributed by atoms with Gasteiger partial charge in [-0.2, -0.15) is 0 Å². The lowest BCUT2D eigenvalue weighted by molar-refractivity contribution is -0.164. The quantitative estimate of drug-likeness (QED) is 0.686. The standard InChI is InChI=1S/C17H32O2/c1-12(2)17(6,7)15(18)19-14-10-8-13(9-11-14)16(3,4)5/h12-14H,8-11H2,1-7H3. The summed E-state index contributed by atoms with van der Waals surface area (Å²) >= 11 is 0. The molecule has 1 aliphatic carbocycles. The monoisotopic (exact) mass is 268 g/mol. The zero-order valence-electron chi connectivity index (χ0n) is 13.9. The third kappa shape index (κ3) is 4.22. The Morgan fingerprint density at radius 3 is 1.84 bits per heavy atom. The molecule has 2 heteroatoms. The van der Waals surface area contributed by atoms with Crippen molar-refractivity contribution in [2.75, 3.05) is 0 Å². The first kappa shape index (κ1) is 16.5. The Kier molecular flexibility index (Phi) is 5.08. The molecule has 1 fully saturated rings. The van der Waals surface area contributed by atoms with Gasteiger partial charge in [-0.25, -0.2) is 0 Å². The van der Waals surface area contributed by atoms with Gasteiger partial charge in [0.2, 0.25) is 0 Å². The Labute approximate surface area is 119 Å². The van der Waals surface area contributed by atoms with Crippen molar-refractivity contribution < 1.29 is 9.53 Å². The highest BCUT2D eigenvalue weighted by Crippen LogP contribution is 2.39. The van der Waals surface area contributed by atoms with Gasteiger partial charge in [0.15, 0.2) is 0 Å². The lowest BCUT2D eigenvalue weighted by Gasteiger charge is -2.37. The van der Waals surface area contributed by atoms with Gasteiger partial charge >= 0.3 is 5.97 Å². The third-order valence-electron chi connectivity index (χ3n) is 5.14. The first-order chi connectivity index (χ1) is 8.55. The molecule has 0 bridgehead atoms. The minimum Gasteiger partial charge on any atom is -0.462 e. The third-order valence-corrected chi connectivity index (χ3v) is 5.14. The fourth-order valence-electron chi connectivity index (χ4n) is 2.59. The summed E-state index contributed by atoms with van der Waals surface area (Å²) < 4.78 is 5.74. The number of hydrogen-bond acceptors (Lipinski definition) is 2. The summed E-state index contributed by atoms with van der Waals surface area (Å²) in [7, 11) is 0. The van der Waals surface area contributed by atoms with Crippen LogP contribution in [0.5, 0.6) is 0 Å². The van der Waals surface area contributed by atoms with Gasteiger partial charge in [-0.15, -0.1) is 0 Å². The van der Waals surface area contributed by atoms with Crippen molar-refractivity contribution in [2.45, 2.75) is 80.3 Å². The van der Waals surface area contributed by atoms with Crippen LogP contribution in [0.2, 0.25) is 0 Å². The fraction of sp³-hybridized carbons (Fsp3) is 0.941. The van der Waals surface area contributed by atoms with E-state index in [4.69, 9.17) is 4.74 Å². The van der Waals surface area contributed by atoms with Crippen LogP contribution in [-0.4, -0.2) is 12.1 Å². The molecule has 0 amide bonds. The Balaban J connectivity index is 2.48. The van der Waals surface area contributed by atoms with Crippen molar-refractivity contribution in [3.63, 3.8) is 0 Å². The topological polar surface area (TPSA) is 26.3 Å². The van der Waals surface area contributed by atoms with Crippen LogP contribution in [0, 0.1) is 22.7 Å². The van der Waals surface area contributed by atoms with Gasteiger partial charge in [0.05, 0.1) is 5.41 Å². The molecule has 0 spiro atoms. The van der Waals surface area contributed by atoms with Crippen molar-refractivity contribution in [1.29, 1.82) is 0 Å². The molecule has 0 atom stereocenters. The van der Waals surface area contributed by atoms with E-state index in [-0.39, 0.29) is 17.5 Å². The maximum atomic E-state index is 12.2. The van der Waals surface area contributed by atoms with Crippen molar-refractivity contribution >= 4 is 5.97 Å². The Morgan fingerprint density at radius 1 is 1.00 bits per heavy atom. The number of carbonyl (C=O) groups is 1. The lowest BCUT2D eigenvalue weighted by atomic mass is 9.72. The molecule has 1 saturated carbocycles. The molecule has 2 nitrogen and oxygen atoms in total. The van der Waals surface area contributed by atoms with Crippen molar-refractivity contribution in [3.8, 4) is 0 Å². The number of carbonyl (C=O) groups excluding carboxylic acids is 1. The summed E-state index contributed by atoms with van der Waals surface area (Å²) in [5.74, 6) is 1.05. The summed E-state index contributed by atoms with van der Waals surface area (Å²) in [6.07, 6.45) is 4.57. The van der Waals surface area contributed by atoms with Crippen LogP contribution in [0.3, 0.4) is 0 Å². The van der Waals surface area contributed by atoms with Crippen LogP contribution in [0.4, 0.5) is 0 Å². The van der Waals surface area contributed by atoms with Gasteiger partial charge in [0, 0.05) is 0 Å². The van der Waals surface area contributed by atoms with E-state index < -0.39 is 0 Å². The second-order valence-electron chi connectivity index (χ2n) is 8.12. The second-order valence-corrected chi connectivity index (χ2v) is 8.12. The van der Waals surface area contributed by atoms with Gasteiger partial charge in [-0.05, 0) is 56.8 Å². The Morgan fingerprint density at radius 2 is 1.47 bits per heavy atom. The van der Waals surface area contributed by atoms with Crippen molar-refractivity contribution in [2.24, 2.45) is 22.7 Å². The average molecular weight is 268 g/mol. The molecule has 19 heavy (non-hydrogen) atoms. The second kappa shape index (κ2) is 5.85. The number of rotatable bonds is 3. The molecule has 0 heterocycles. The van der Waals surface area contributed by atoms with Crippen molar-refractivity contribution in [1.82, 2.24) is 0 Å². The summed E-state index contributed by atoms with van der Waals surface area (Å²) in [6.45, 7) is 15.1. The van der Waals surface area contributed by atoms with Gasteiger partial charge in [-0.3, -0.25) is 4.79 Å². The predicted octanol–water partition coefficient (Wildman–Crippen LogP) is 4.82. The van der Waals surface area contributed by atoms with E-state index in [1.165, 1.54) is 12.8 Å². The summed E-state index contributed by atoms with van der Waals surface area (Å²) in [5.41, 5.74) is 0.00700. The highest BCUT2D eigenvalue weighted by molar-refractivity contribution is 5.76. The van der Waals surface area contributed by atoms with Crippen LogP contribution in [0.15, 0.2) is 0 Å². The minimum atomic E-state index is -0.374. The van der Waals surface area contributed by atoms with E-state index >= 15 is 0 Å². The van der Waals surface area contributed by atoms with Gasteiger partial charge in [0.1, 0.15) is 6.10 Å². The zero-order valence-corrected chi connectivity index (χ0v) is 13.9. The summed E-state index contributed by atoms with van der Waals surface area (Å²) in [6, 6.07) is 0. The molecule has 0 saturated heterocycles. The van der Waals surface area contributed by atoms with Crippen molar-refractivity contribution in [3.05, 3.63) is 0 Å². The SMILES string of the molecule is CC(C)C(C)(C)C(=O)OC1CCC(C(C)(C)C)CC1. The molecule has 0 aromatic carbocycles. The summed E-state index contributed by atoms with van der Waals surface area (Å²) in [4.78, 5) is 12.2. The first-order valence-corrected chi connectivity index (χ1v) is 7.76. The molecule has 1 aliphatic rings. The molecular weight excluding hydrogens is 236 g/mol. The van der Waals surface area contributed by atoms with E-state index in [2.05, 4.69) is 34.6 Å². The van der Waals surface area contributed by atoms with Crippen LogP contribution in [0.25, 0.3) is 0 Å². The molecule has 112 valence electrons.